The van der Waals surface area contributed by atoms with Crippen LogP contribution in [-0.4, -0.2) is 17.2 Å². The van der Waals surface area contributed by atoms with Crippen LogP contribution in [0.2, 0.25) is 0 Å². The SMILES string of the molecule is CC1NNC(C)C1c1cc(C#N)c(C#N)cc1O. The molecule has 5 heteroatoms. The van der Waals surface area contributed by atoms with Crippen molar-refractivity contribution >= 4 is 0 Å². The lowest BCUT2D eigenvalue weighted by Gasteiger charge is -2.20. The number of phenols is 1. The van der Waals surface area contributed by atoms with Crippen LogP contribution in [0.1, 0.15) is 36.5 Å². The second-order valence-electron chi connectivity index (χ2n) is 4.57. The Morgan fingerprint density at radius 2 is 1.56 bits per heavy atom. The largest absolute Gasteiger partial charge is 0.508 e. The molecule has 2 unspecified atom stereocenters. The number of aromatic hydroxyl groups is 1. The fourth-order valence-corrected chi connectivity index (χ4v) is 2.47. The van der Waals surface area contributed by atoms with Crippen molar-refractivity contribution in [2.24, 2.45) is 0 Å². The van der Waals surface area contributed by atoms with E-state index in [0.717, 1.165) is 0 Å². The fraction of sp³-hybridized carbons (Fsp3) is 0.385. The van der Waals surface area contributed by atoms with Crippen molar-refractivity contribution in [3.05, 3.63) is 28.8 Å². The summed E-state index contributed by atoms with van der Waals surface area (Å²) in [5.74, 6) is 0.129. The summed E-state index contributed by atoms with van der Waals surface area (Å²) in [4.78, 5) is 0. The van der Waals surface area contributed by atoms with Gasteiger partial charge in [0.15, 0.2) is 0 Å². The van der Waals surface area contributed by atoms with Gasteiger partial charge < -0.3 is 5.11 Å². The van der Waals surface area contributed by atoms with Crippen molar-refractivity contribution in [2.75, 3.05) is 0 Å². The predicted molar refractivity (Wildman–Crippen MR) is 65.5 cm³/mol. The van der Waals surface area contributed by atoms with E-state index in [2.05, 4.69) is 10.9 Å². The molecule has 5 nitrogen and oxygen atoms in total. The minimum Gasteiger partial charge on any atom is -0.508 e. The van der Waals surface area contributed by atoms with Crippen LogP contribution in [0.5, 0.6) is 5.75 Å². The molecule has 0 bridgehead atoms. The van der Waals surface area contributed by atoms with Crippen LogP contribution in [0, 0.1) is 22.7 Å². The lowest BCUT2D eigenvalue weighted by atomic mass is 9.86. The van der Waals surface area contributed by atoms with Gasteiger partial charge in [-0.2, -0.15) is 10.5 Å². The standard InChI is InChI=1S/C13H14N4O/c1-7-13(8(2)17-16-7)11-3-9(5-14)10(6-15)4-12(11)18/h3-4,7-8,13,16-18H,1-2H3. The fourth-order valence-electron chi connectivity index (χ4n) is 2.47. The number of hydrazine groups is 1. The number of nitrogens with zero attached hydrogens (tertiary/aromatic N) is 2. The van der Waals surface area contributed by atoms with Gasteiger partial charge in [0, 0.05) is 23.6 Å². The van der Waals surface area contributed by atoms with Gasteiger partial charge in [-0.3, -0.25) is 10.9 Å². The highest BCUT2D eigenvalue weighted by Crippen LogP contribution is 2.34. The quantitative estimate of drug-likeness (QED) is 0.686. The molecule has 0 spiro atoms. The number of hydrogen-bond acceptors (Lipinski definition) is 5. The van der Waals surface area contributed by atoms with Crippen molar-refractivity contribution < 1.29 is 5.11 Å². The van der Waals surface area contributed by atoms with Gasteiger partial charge in [-0.05, 0) is 26.0 Å². The maximum absolute atomic E-state index is 10.0. The summed E-state index contributed by atoms with van der Waals surface area (Å²) < 4.78 is 0. The van der Waals surface area contributed by atoms with Crippen LogP contribution in [0.3, 0.4) is 0 Å². The minimum absolute atomic E-state index is 0.0600. The van der Waals surface area contributed by atoms with E-state index in [0.29, 0.717) is 11.1 Å². The molecule has 1 aromatic carbocycles. The number of nitrogens with one attached hydrogen (secondary N) is 2. The lowest BCUT2D eigenvalue weighted by Crippen LogP contribution is -2.30. The van der Waals surface area contributed by atoms with Gasteiger partial charge in [0.1, 0.15) is 17.9 Å². The Hall–Kier alpha value is -2.08. The summed E-state index contributed by atoms with van der Waals surface area (Å²) in [6.45, 7) is 4.01. The van der Waals surface area contributed by atoms with Crippen molar-refractivity contribution in [2.45, 2.75) is 31.8 Å². The first-order valence-corrected chi connectivity index (χ1v) is 5.76. The van der Waals surface area contributed by atoms with E-state index in [1.807, 2.05) is 26.0 Å². The first-order chi connectivity index (χ1) is 8.58. The monoisotopic (exact) mass is 242 g/mol. The maximum Gasteiger partial charge on any atom is 0.120 e. The molecule has 1 saturated heterocycles. The summed E-state index contributed by atoms with van der Waals surface area (Å²) in [6, 6.07) is 7.17. The number of hydrogen-bond donors (Lipinski definition) is 3. The highest BCUT2D eigenvalue weighted by atomic mass is 16.3. The average Bonchev–Trinajstić information content (AvgIpc) is 2.69. The smallest absolute Gasteiger partial charge is 0.120 e. The van der Waals surface area contributed by atoms with E-state index >= 15 is 0 Å². The third-order valence-electron chi connectivity index (χ3n) is 3.38. The van der Waals surface area contributed by atoms with E-state index in [9.17, 15) is 5.11 Å². The molecule has 1 heterocycles. The molecule has 18 heavy (non-hydrogen) atoms. The highest BCUT2D eigenvalue weighted by molar-refractivity contribution is 5.54. The molecule has 0 saturated carbocycles. The van der Waals surface area contributed by atoms with Crippen LogP contribution in [0.15, 0.2) is 12.1 Å². The molecule has 1 aliphatic heterocycles. The summed E-state index contributed by atoms with van der Waals surface area (Å²) in [5.41, 5.74) is 7.41. The van der Waals surface area contributed by atoms with Gasteiger partial charge in [-0.1, -0.05) is 0 Å². The normalized spacial score (nSPS) is 26.6. The van der Waals surface area contributed by atoms with Crippen molar-refractivity contribution in [1.82, 2.24) is 10.9 Å². The number of benzene rings is 1. The Balaban J connectivity index is 2.53. The molecule has 1 fully saturated rings. The number of nitriles is 2. The molecule has 3 N–H and O–H groups in total. The van der Waals surface area contributed by atoms with Crippen LogP contribution < -0.4 is 10.9 Å². The second-order valence-corrected chi connectivity index (χ2v) is 4.57. The molecule has 92 valence electrons. The van der Waals surface area contributed by atoms with Gasteiger partial charge in [-0.25, -0.2) is 0 Å². The van der Waals surface area contributed by atoms with Crippen LogP contribution in [0.4, 0.5) is 0 Å². The zero-order valence-corrected chi connectivity index (χ0v) is 10.2. The van der Waals surface area contributed by atoms with Crippen molar-refractivity contribution in [3.8, 4) is 17.9 Å². The van der Waals surface area contributed by atoms with E-state index < -0.39 is 0 Å². The Kier molecular flexibility index (Phi) is 3.20. The zero-order chi connectivity index (χ0) is 13.3. The van der Waals surface area contributed by atoms with Gasteiger partial charge in [-0.15, -0.1) is 0 Å². The lowest BCUT2D eigenvalue weighted by molar-refractivity contribution is 0.451. The summed E-state index contributed by atoms with van der Waals surface area (Å²) >= 11 is 0. The predicted octanol–water partition coefficient (Wildman–Crippen LogP) is 1.10. The molecular formula is C13H14N4O. The Bertz CT molecular complexity index is 545. The van der Waals surface area contributed by atoms with Gasteiger partial charge in [0.2, 0.25) is 0 Å². The summed E-state index contributed by atoms with van der Waals surface area (Å²) in [5, 5.41) is 27.9. The first kappa shape index (κ1) is 12.4. The molecular weight excluding hydrogens is 228 g/mol. The third kappa shape index (κ3) is 1.91. The van der Waals surface area contributed by atoms with Crippen LogP contribution >= 0.6 is 0 Å². The molecule has 0 radical (unpaired) electrons. The average molecular weight is 242 g/mol. The molecule has 0 amide bonds. The molecule has 2 rings (SSSR count). The van der Waals surface area contributed by atoms with Crippen LogP contribution in [0.25, 0.3) is 0 Å². The Morgan fingerprint density at radius 3 is 2.06 bits per heavy atom. The van der Waals surface area contributed by atoms with Crippen molar-refractivity contribution in [3.63, 3.8) is 0 Å². The zero-order valence-electron chi connectivity index (χ0n) is 10.2. The van der Waals surface area contributed by atoms with Gasteiger partial charge >= 0.3 is 0 Å². The topological polar surface area (TPSA) is 91.9 Å². The summed E-state index contributed by atoms with van der Waals surface area (Å²) in [6.07, 6.45) is 0. The van der Waals surface area contributed by atoms with Crippen LogP contribution in [-0.2, 0) is 0 Å². The molecule has 1 aromatic rings. The Morgan fingerprint density at radius 1 is 1.06 bits per heavy atom. The Labute approximate surface area is 106 Å². The van der Waals surface area contributed by atoms with Gasteiger partial charge in [0.05, 0.1) is 11.1 Å². The van der Waals surface area contributed by atoms with Crippen molar-refractivity contribution in [1.29, 1.82) is 10.5 Å². The minimum atomic E-state index is 0.0600. The number of rotatable bonds is 1. The third-order valence-corrected chi connectivity index (χ3v) is 3.38. The number of phenolic OH excluding ortho intramolecular Hbond substituents is 1. The second kappa shape index (κ2) is 4.66. The first-order valence-electron chi connectivity index (χ1n) is 5.76. The molecule has 0 aliphatic carbocycles. The summed E-state index contributed by atoms with van der Waals surface area (Å²) in [7, 11) is 0. The highest BCUT2D eigenvalue weighted by Gasteiger charge is 2.33. The maximum atomic E-state index is 10.0. The van der Waals surface area contributed by atoms with E-state index in [4.69, 9.17) is 10.5 Å². The van der Waals surface area contributed by atoms with E-state index in [1.165, 1.54) is 6.07 Å². The van der Waals surface area contributed by atoms with E-state index in [-0.39, 0.29) is 29.3 Å². The molecule has 2 atom stereocenters. The van der Waals surface area contributed by atoms with Gasteiger partial charge in [0.25, 0.3) is 0 Å². The molecule has 1 aliphatic rings. The van der Waals surface area contributed by atoms with E-state index in [1.54, 1.807) is 6.07 Å². The molecule has 0 aromatic heterocycles.